The van der Waals surface area contributed by atoms with Crippen LogP contribution in [0.15, 0.2) is 86.0 Å². The standard InChI is InChI=1S/2C15H15N3O3/c2*1-10(2)15(20)21-6-5-11-3-4-12(13(19)7-11)14-17-8-16-9-18-14/h2*3-4,7-9,19H,1,5-6H2,2H3. The molecule has 0 aliphatic rings. The maximum absolute atomic E-state index is 11.2. The van der Waals surface area contributed by atoms with Gasteiger partial charge in [-0.1, -0.05) is 25.3 Å². The molecule has 0 aliphatic carbocycles. The van der Waals surface area contributed by atoms with Crippen molar-refractivity contribution in [1.82, 2.24) is 29.9 Å². The van der Waals surface area contributed by atoms with E-state index in [1.54, 1.807) is 38.1 Å². The Balaban J connectivity index is 0.000000230. The number of carbonyl (C=O) groups excluding carboxylic acids is 2. The second-order valence-electron chi connectivity index (χ2n) is 8.96. The molecule has 0 unspecified atom stereocenters. The summed E-state index contributed by atoms with van der Waals surface area (Å²) in [5.41, 5.74) is 3.48. The fraction of sp³-hybridized carbons (Fsp3) is 0.200. The maximum atomic E-state index is 11.2. The topological polar surface area (TPSA) is 170 Å². The van der Waals surface area contributed by atoms with Crippen molar-refractivity contribution in [2.75, 3.05) is 13.2 Å². The molecule has 4 aromatic rings. The highest BCUT2D eigenvalue weighted by molar-refractivity contribution is 5.87. The van der Waals surface area contributed by atoms with E-state index in [2.05, 4.69) is 43.1 Å². The second kappa shape index (κ2) is 15.3. The molecule has 0 spiro atoms. The van der Waals surface area contributed by atoms with Crippen LogP contribution in [0, 0.1) is 0 Å². The van der Waals surface area contributed by atoms with Gasteiger partial charge in [-0.25, -0.2) is 39.5 Å². The van der Waals surface area contributed by atoms with Gasteiger partial charge in [0.25, 0.3) is 0 Å². The lowest BCUT2D eigenvalue weighted by Gasteiger charge is -2.07. The molecule has 2 heterocycles. The van der Waals surface area contributed by atoms with Crippen molar-refractivity contribution in [3.8, 4) is 34.3 Å². The van der Waals surface area contributed by atoms with Gasteiger partial charge in [-0.05, 0) is 49.2 Å². The largest absolute Gasteiger partial charge is 0.507 e. The number of hydrogen-bond acceptors (Lipinski definition) is 12. The number of rotatable bonds is 10. The van der Waals surface area contributed by atoms with Crippen LogP contribution in [0.25, 0.3) is 22.8 Å². The minimum Gasteiger partial charge on any atom is -0.507 e. The SMILES string of the molecule is C=C(C)C(=O)OCCc1ccc(-c2ncncn2)c(O)c1.C=C(C)C(=O)OCCc1ccc(-c2ncncn2)c(O)c1. The molecular weight excluding hydrogens is 540 g/mol. The van der Waals surface area contributed by atoms with Crippen molar-refractivity contribution < 1.29 is 29.3 Å². The summed E-state index contributed by atoms with van der Waals surface area (Å²) in [7, 11) is 0. The summed E-state index contributed by atoms with van der Waals surface area (Å²) in [6, 6.07) is 10.3. The number of phenols is 2. The van der Waals surface area contributed by atoms with Crippen LogP contribution in [-0.2, 0) is 31.9 Å². The van der Waals surface area contributed by atoms with E-state index < -0.39 is 11.9 Å². The highest BCUT2D eigenvalue weighted by Gasteiger charge is 2.10. The van der Waals surface area contributed by atoms with Crippen molar-refractivity contribution in [2.24, 2.45) is 0 Å². The number of nitrogens with zero attached hydrogens (tertiary/aromatic N) is 6. The molecule has 0 bridgehead atoms. The van der Waals surface area contributed by atoms with E-state index in [1.165, 1.54) is 25.3 Å². The fourth-order valence-corrected chi connectivity index (χ4v) is 3.37. The first-order valence-corrected chi connectivity index (χ1v) is 12.7. The number of benzene rings is 2. The molecule has 0 radical (unpaired) electrons. The lowest BCUT2D eigenvalue weighted by Crippen LogP contribution is -2.08. The van der Waals surface area contributed by atoms with E-state index in [4.69, 9.17) is 9.47 Å². The zero-order chi connectivity index (χ0) is 30.5. The van der Waals surface area contributed by atoms with Crippen LogP contribution in [0.2, 0.25) is 0 Å². The minimum absolute atomic E-state index is 0.0740. The van der Waals surface area contributed by atoms with Crippen molar-refractivity contribution in [3.63, 3.8) is 0 Å². The number of esters is 2. The van der Waals surface area contributed by atoms with Crippen LogP contribution in [0.4, 0.5) is 0 Å². The van der Waals surface area contributed by atoms with Gasteiger partial charge in [0.05, 0.1) is 24.3 Å². The summed E-state index contributed by atoms with van der Waals surface area (Å²) in [5.74, 6) is 0.127. The zero-order valence-electron chi connectivity index (χ0n) is 23.2. The molecule has 2 aromatic heterocycles. The van der Waals surface area contributed by atoms with E-state index >= 15 is 0 Å². The molecule has 216 valence electrons. The van der Waals surface area contributed by atoms with Crippen molar-refractivity contribution in [1.29, 1.82) is 0 Å². The number of phenolic OH excluding ortho intramolecular Hbond substituents is 2. The summed E-state index contributed by atoms with van der Waals surface area (Å²) in [6.45, 7) is 10.7. The first kappa shape index (κ1) is 31.0. The van der Waals surface area contributed by atoms with Crippen LogP contribution >= 0.6 is 0 Å². The van der Waals surface area contributed by atoms with E-state index in [0.717, 1.165) is 11.1 Å². The van der Waals surface area contributed by atoms with Gasteiger partial charge in [-0.2, -0.15) is 0 Å². The summed E-state index contributed by atoms with van der Waals surface area (Å²) >= 11 is 0. The van der Waals surface area contributed by atoms with E-state index in [0.29, 0.717) is 46.8 Å². The average molecular weight is 571 g/mol. The molecule has 2 N–H and O–H groups in total. The van der Waals surface area contributed by atoms with Gasteiger partial charge >= 0.3 is 11.9 Å². The Hall–Kier alpha value is -5.52. The Morgan fingerprint density at radius 1 is 0.667 bits per heavy atom. The minimum atomic E-state index is -0.416. The monoisotopic (exact) mass is 570 g/mol. The normalized spacial score (nSPS) is 10.1. The van der Waals surface area contributed by atoms with Crippen molar-refractivity contribution >= 4 is 11.9 Å². The summed E-state index contributed by atoms with van der Waals surface area (Å²) in [6.07, 6.45) is 6.48. The third kappa shape index (κ3) is 9.30. The number of ether oxygens (including phenoxy) is 2. The fourth-order valence-electron chi connectivity index (χ4n) is 3.37. The Morgan fingerprint density at radius 3 is 1.33 bits per heavy atom. The Bertz CT molecular complexity index is 1430. The predicted octanol–water partition coefficient (Wildman–Crippen LogP) is 3.81. The molecule has 12 heteroatoms. The lowest BCUT2D eigenvalue weighted by atomic mass is 10.1. The quantitative estimate of drug-likeness (QED) is 0.209. The Labute approximate surface area is 242 Å². The highest BCUT2D eigenvalue weighted by Crippen LogP contribution is 2.28. The van der Waals surface area contributed by atoms with Crippen LogP contribution in [0.5, 0.6) is 11.5 Å². The molecule has 4 rings (SSSR count). The Morgan fingerprint density at radius 2 is 1.02 bits per heavy atom. The van der Waals surface area contributed by atoms with Gasteiger partial charge in [0.2, 0.25) is 0 Å². The zero-order valence-corrected chi connectivity index (χ0v) is 23.2. The molecule has 12 nitrogen and oxygen atoms in total. The lowest BCUT2D eigenvalue weighted by molar-refractivity contribution is -0.139. The molecule has 2 aromatic carbocycles. The third-order valence-electron chi connectivity index (χ3n) is 5.54. The molecule has 0 aliphatic heterocycles. The average Bonchev–Trinajstić information content (AvgIpc) is 2.98. The first-order chi connectivity index (χ1) is 20.2. The smallest absolute Gasteiger partial charge is 0.333 e. The van der Waals surface area contributed by atoms with Gasteiger partial charge in [0.15, 0.2) is 11.6 Å². The molecule has 0 atom stereocenters. The highest BCUT2D eigenvalue weighted by atomic mass is 16.5. The van der Waals surface area contributed by atoms with Crippen molar-refractivity contribution in [2.45, 2.75) is 26.7 Å². The number of aromatic hydroxyl groups is 2. The van der Waals surface area contributed by atoms with E-state index in [1.807, 2.05) is 12.1 Å². The molecule has 0 saturated carbocycles. The molecule has 0 fully saturated rings. The number of carbonyl (C=O) groups is 2. The molecule has 42 heavy (non-hydrogen) atoms. The van der Waals surface area contributed by atoms with Crippen LogP contribution in [-0.4, -0.2) is 65.3 Å². The third-order valence-corrected chi connectivity index (χ3v) is 5.54. The second-order valence-corrected chi connectivity index (χ2v) is 8.96. The Kier molecular flexibility index (Phi) is 11.3. The van der Waals surface area contributed by atoms with E-state index in [-0.39, 0.29) is 24.7 Å². The van der Waals surface area contributed by atoms with Gasteiger partial charge in [-0.3, -0.25) is 0 Å². The number of aromatic nitrogens is 6. The molecule has 0 saturated heterocycles. The van der Waals surface area contributed by atoms with E-state index in [9.17, 15) is 19.8 Å². The predicted molar refractivity (Wildman–Crippen MR) is 153 cm³/mol. The molecule has 0 amide bonds. The van der Waals surface area contributed by atoms with Gasteiger partial charge < -0.3 is 19.7 Å². The van der Waals surface area contributed by atoms with Crippen LogP contribution < -0.4 is 0 Å². The van der Waals surface area contributed by atoms with Crippen molar-refractivity contribution in [3.05, 3.63) is 97.1 Å². The van der Waals surface area contributed by atoms with Gasteiger partial charge in [0.1, 0.15) is 36.8 Å². The van der Waals surface area contributed by atoms with Crippen LogP contribution in [0.3, 0.4) is 0 Å². The number of hydrogen-bond donors (Lipinski definition) is 2. The van der Waals surface area contributed by atoms with Gasteiger partial charge in [-0.15, -0.1) is 0 Å². The van der Waals surface area contributed by atoms with Gasteiger partial charge in [0, 0.05) is 24.0 Å². The molecular formula is C30H30N6O6. The maximum Gasteiger partial charge on any atom is 0.333 e. The summed E-state index contributed by atoms with van der Waals surface area (Å²) in [5, 5.41) is 20.0. The first-order valence-electron chi connectivity index (χ1n) is 12.7. The summed E-state index contributed by atoms with van der Waals surface area (Å²) < 4.78 is 10.0. The van der Waals surface area contributed by atoms with Crippen LogP contribution in [0.1, 0.15) is 25.0 Å². The summed E-state index contributed by atoms with van der Waals surface area (Å²) in [4.78, 5) is 45.9.